The van der Waals surface area contributed by atoms with Crippen LogP contribution in [0, 0.1) is 0 Å². The highest BCUT2D eigenvalue weighted by Crippen LogP contribution is 2.36. The van der Waals surface area contributed by atoms with Gasteiger partial charge in [0.15, 0.2) is 8.32 Å². The second kappa shape index (κ2) is 6.54. The van der Waals surface area contributed by atoms with Gasteiger partial charge in [0.1, 0.15) is 5.82 Å². The highest BCUT2D eigenvalue weighted by Gasteiger charge is 2.36. The van der Waals surface area contributed by atoms with Crippen molar-refractivity contribution in [2.45, 2.75) is 45.8 Å². The molecule has 0 aromatic heterocycles. The second-order valence-corrected chi connectivity index (χ2v) is 11.4. The summed E-state index contributed by atoms with van der Waals surface area (Å²) in [5, 5.41) is 0.254. The summed E-state index contributed by atoms with van der Waals surface area (Å²) in [6, 6.07) is 0. The van der Waals surface area contributed by atoms with Crippen molar-refractivity contribution in [3.63, 3.8) is 0 Å². The Morgan fingerprint density at radius 1 is 1.35 bits per heavy atom. The van der Waals surface area contributed by atoms with Crippen LogP contribution in [0.3, 0.4) is 0 Å². The number of nitrogens with zero attached hydrogens (tertiary/aromatic N) is 1. The number of nitrogens with two attached hydrogens (primary N) is 1. The van der Waals surface area contributed by atoms with E-state index in [1.807, 2.05) is 12.3 Å². The average molecular weight is 299 g/mol. The molecule has 1 aliphatic rings. The first-order valence-electron chi connectivity index (χ1n) is 7.25. The zero-order chi connectivity index (χ0) is 15.4. The Balaban J connectivity index is 2.53. The first-order chi connectivity index (χ1) is 9.17. The van der Waals surface area contributed by atoms with Crippen molar-refractivity contribution in [2.24, 2.45) is 5.73 Å². The lowest BCUT2D eigenvalue weighted by atomic mass is 10.2. The van der Waals surface area contributed by atoms with E-state index in [1.54, 1.807) is 0 Å². The van der Waals surface area contributed by atoms with Gasteiger partial charge in [0, 0.05) is 25.4 Å². The maximum Gasteiger partial charge on any atom is 0.192 e. The maximum atomic E-state index is 6.23. The molecule has 0 spiro atoms. The Morgan fingerprint density at radius 3 is 2.50 bits per heavy atom. The Labute approximate surface area is 124 Å². The highest BCUT2D eigenvalue weighted by atomic mass is 28.4. The predicted octanol–water partition coefficient (Wildman–Crippen LogP) is 2.08. The summed E-state index contributed by atoms with van der Waals surface area (Å²) >= 11 is 0. The molecular formula is C14H30N4OSi. The van der Waals surface area contributed by atoms with Gasteiger partial charge in [0.25, 0.3) is 0 Å². The van der Waals surface area contributed by atoms with Crippen LogP contribution in [0.5, 0.6) is 0 Å². The number of hydrogen-bond donors (Lipinski definition) is 3. The lowest BCUT2D eigenvalue weighted by Crippen LogP contribution is -2.43. The number of hydrogen-bond acceptors (Lipinski definition) is 5. The molecule has 6 heteroatoms. The number of rotatable bonds is 6. The number of likely N-dealkylation sites (N-methyl/N-ethyl adjacent to an activating group) is 1. The fraction of sp³-hybridized carbons (Fsp3) is 0.714. The van der Waals surface area contributed by atoms with Gasteiger partial charge in [0.2, 0.25) is 0 Å². The lowest BCUT2D eigenvalue weighted by molar-refractivity contribution is 0.233. The topological polar surface area (TPSA) is 62.5 Å². The first-order valence-corrected chi connectivity index (χ1v) is 10.2. The van der Waals surface area contributed by atoms with Crippen LogP contribution in [-0.4, -0.2) is 32.9 Å². The summed E-state index contributed by atoms with van der Waals surface area (Å²) < 4.78 is 6.23. The average Bonchev–Trinajstić information content (AvgIpc) is 2.33. The minimum atomic E-state index is -1.66. The van der Waals surface area contributed by atoms with Gasteiger partial charge >= 0.3 is 0 Å². The van der Waals surface area contributed by atoms with Crippen LogP contribution in [0.15, 0.2) is 23.8 Å². The number of allylic oxidation sites excluding steroid dienone is 1. The van der Waals surface area contributed by atoms with E-state index in [-0.39, 0.29) is 5.04 Å². The van der Waals surface area contributed by atoms with Crippen molar-refractivity contribution in [3.8, 4) is 0 Å². The van der Waals surface area contributed by atoms with Crippen molar-refractivity contribution < 1.29 is 4.43 Å². The molecule has 5 nitrogen and oxygen atoms in total. The molecule has 1 heterocycles. The SMILES string of the molecule is CCN(CCO[Si](C)(C)C(C)(C)C)C1=CNNC(N)=C1. The van der Waals surface area contributed by atoms with Gasteiger partial charge < -0.3 is 20.5 Å². The first kappa shape index (κ1) is 16.9. The van der Waals surface area contributed by atoms with Crippen molar-refractivity contribution in [2.75, 3.05) is 19.7 Å². The minimum absolute atomic E-state index is 0.254. The Morgan fingerprint density at radius 2 is 2.00 bits per heavy atom. The molecule has 0 aromatic carbocycles. The van der Waals surface area contributed by atoms with Crippen LogP contribution in [0.1, 0.15) is 27.7 Å². The molecule has 0 unspecified atom stereocenters. The zero-order valence-corrected chi connectivity index (χ0v) is 14.7. The molecule has 0 saturated heterocycles. The van der Waals surface area contributed by atoms with Crippen LogP contribution in [0.4, 0.5) is 0 Å². The van der Waals surface area contributed by atoms with Gasteiger partial charge in [0.05, 0.1) is 12.3 Å². The molecule has 0 amide bonds. The summed E-state index contributed by atoms with van der Waals surface area (Å²) in [4.78, 5) is 2.26. The van der Waals surface area contributed by atoms with E-state index in [0.717, 1.165) is 25.4 Å². The van der Waals surface area contributed by atoms with Gasteiger partial charge in [-0.3, -0.25) is 5.43 Å². The molecule has 0 aromatic rings. The second-order valence-electron chi connectivity index (χ2n) is 6.63. The predicted molar refractivity (Wildman–Crippen MR) is 87.0 cm³/mol. The van der Waals surface area contributed by atoms with E-state index in [2.05, 4.69) is 56.5 Å². The fourth-order valence-corrected chi connectivity index (χ4v) is 2.74. The maximum absolute atomic E-state index is 6.23. The van der Waals surface area contributed by atoms with Crippen LogP contribution in [0.2, 0.25) is 18.1 Å². The third-order valence-electron chi connectivity index (χ3n) is 4.12. The summed E-state index contributed by atoms with van der Waals surface area (Å²) in [7, 11) is -1.66. The van der Waals surface area contributed by atoms with Gasteiger partial charge in [-0.15, -0.1) is 0 Å². The smallest absolute Gasteiger partial charge is 0.192 e. The normalized spacial score (nSPS) is 15.9. The molecule has 116 valence electrons. The van der Waals surface area contributed by atoms with Gasteiger partial charge in [-0.2, -0.15) is 0 Å². The summed E-state index contributed by atoms with van der Waals surface area (Å²) in [5.74, 6) is 0.631. The van der Waals surface area contributed by atoms with Gasteiger partial charge in [-0.1, -0.05) is 20.8 Å². The van der Waals surface area contributed by atoms with E-state index >= 15 is 0 Å². The molecule has 20 heavy (non-hydrogen) atoms. The largest absolute Gasteiger partial charge is 0.415 e. The van der Waals surface area contributed by atoms with Gasteiger partial charge in [-0.05, 0) is 25.1 Å². The summed E-state index contributed by atoms with van der Waals surface area (Å²) in [6.45, 7) is 16.1. The molecule has 0 aliphatic carbocycles. The molecule has 0 atom stereocenters. The summed E-state index contributed by atoms with van der Waals surface area (Å²) in [6.07, 6.45) is 3.86. The fourth-order valence-electron chi connectivity index (χ4n) is 1.71. The molecule has 0 saturated carbocycles. The Kier molecular flexibility index (Phi) is 5.53. The van der Waals surface area contributed by atoms with E-state index in [9.17, 15) is 0 Å². The van der Waals surface area contributed by atoms with Crippen LogP contribution < -0.4 is 16.6 Å². The van der Waals surface area contributed by atoms with Crippen LogP contribution in [0.25, 0.3) is 0 Å². The van der Waals surface area contributed by atoms with Gasteiger partial charge in [-0.25, -0.2) is 0 Å². The molecule has 0 bridgehead atoms. The molecule has 1 rings (SSSR count). The zero-order valence-electron chi connectivity index (χ0n) is 13.7. The molecule has 0 radical (unpaired) electrons. The molecule has 4 N–H and O–H groups in total. The third kappa shape index (κ3) is 4.45. The minimum Gasteiger partial charge on any atom is -0.415 e. The third-order valence-corrected chi connectivity index (χ3v) is 8.66. The van der Waals surface area contributed by atoms with Crippen molar-refractivity contribution in [1.29, 1.82) is 0 Å². The number of nitrogens with one attached hydrogen (secondary N) is 2. The molecule has 1 aliphatic heterocycles. The van der Waals surface area contributed by atoms with Crippen molar-refractivity contribution >= 4 is 8.32 Å². The van der Waals surface area contributed by atoms with E-state index in [1.165, 1.54) is 0 Å². The highest BCUT2D eigenvalue weighted by molar-refractivity contribution is 6.74. The van der Waals surface area contributed by atoms with E-state index < -0.39 is 8.32 Å². The van der Waals surface area contributed by atoms with E-state index in [0.29, 0.717) is 5.82 Å². The van der Waals surface area contributed by atoms with Crippen LogP contribution in [-0.2, 0) is 4.43 Å². The Bertz CT molecular complexity index is 385. The van der Waals surface area contributed by atoms with E-state index in [4.69, 9.17) is 10.2 Å². The van der Waals surface area contributed by atoms with Crippen molar-refractivity contribution in [3.05, 3.63) is 23.8 Å². The molecule has 0 fully saturated rings. The standard InChI is InChI=1S/C14H30N4OSi/c1-7-18(12-10-13(15)17-16-11-12)8-9-19-20(5,6)14(2,3)4/h10-11,16-17H,7-9,15H2,1-6H3. The molecular weight excluding hydrogens is 268 g/mol. The number of hydrazine groups is 1. The monoisotopic (exact) mass is 298 g/mol. The lowest BCUT2D eigenvalue weighted by Gasteiger charge is -2.37. The quantitative estimate of drug-likeness (QED) is 0.655. The van der Waals surface area contributed by atoms with Crippen LogP contribution >= 0.6 is 0 Å². The van der Waals surface area contributed by atoms with Crippen molar-refractivity contribution in [1.82, 2.24) is 15.8 Å². The summed E-state index contributed by atoms with van der Waals surface area (Å²) in [5.41, 5.74) is 12.7. The Hall–Kier alpha value is -1.14.